The van der Waals surface area contributed by atoms with E-state index in [1.807, 2.05) is 65.0 Å². The molecule has 8 nitrogen and oxygen atoms in total. The zero-order valence-electron chi connectivity index (χ0n) is 23.7. The molecule has 1 saturated heterocycles. The summed E-state index contributed by atoms with van der Waals surface area (Å²) in [5, 5.41) is 0. The Morgan fingerprint density at radius 3 is 2.15 bits per heavy atom. The second-order valence-electron chi connectivity index (χ2n) is 10.9. The second kappa shape index (κ2) is 11.1. The van der Waals surface area contributed by atoms with Crippen molar-refractivity contribution >= 4 is 23.5 Å². The highest BCUT2D eigenvalue weighted by Crippen LogP contribution is 2.44. The smallest absolute Gasteiger partial charge is 0.410 e. The number of carbonyl (C=O) groups excluding carboxylic acids is 3. The lowest BCUT2D eigenvalue weighted by atomic mass is 9.82. The summed E-state index contributed by atoms with van der Waals surface area (Å²) in [5.74, 6) is 0.150. The largest absolute Gasteiger partial charge is 0.482 e. The fraction of sp³-hybridized carbons (Fsp3) is 0.452. The predicted octanol–water partition coefficient (Wildman–Crippen LogP) is 5.55. The second-order valence-corrected chi connectivity index (χ2v) is 10.9. The number of methoxy groups -OCH3 is 1. The first-order valence-corrected chi connectivity index (χ1v) is 13.5. The third-order valence-corrected chi connectivity index (χ3v) is 7.17. The number of hydrogen-bond donors (Lipinski definition) is 0. The minimum atomic E-state index is -0.661. The van der Waals surface area contributed by atoms with Crippen LogP contribution in [-0.2, 0) is 9.47 Å². The normalized spacial score (nSPS) is 16.1. The molecule has 2 aliphatic heterocycles. The van der Waals surface area contributed by atoms with E-state index in [-0.39, 0.29) is 12.0 Å². The van der Waals surface area contributed by atoms with Crippen LogP contribution in [0.1, 0.15) is 79.3 Å². The first kappa shape index (κ1) is 28.2. The highest BCUT2D eigenvalue weighted by atomic mass is 16.6. The number of rotatable bonds is 5. The Morgan fingerprint density at radius 2 is 1.59 bits per heavy atom. The standard InChI is InChI=1S/C31H38N2O6/c1-7-32(8-2)27(34)22-11-9-21(10-12-22)25-20-31(15-17-33(18-16-31)29(36)39-30(3,4)5)38-26-19-23(28(35)37-6)13-14-24(25)26/h9-14,19-20H,7-8,15-18H2,1-6H3. The van der Waals surface area contributed by atoms with Crippen LogP contribution in [-0.4, -0.2) is 72.3 Å². The van der Waals surface area contributed by atoms with Gasteiger partial charge < -0.3 is 24.0 Å². The van der Waals surface area contributed by atoms with Gasteiger partial charge in [0.2, 0.25) is 0 Å². The number of nitrogens with zero attached hydrogens (tertiary/aromatic N) is 2. The molecule has 1 spiro atoms. The fourth-order valence-corrected chi connectivity index (χ4v) is 5.03. The number of amides is 2. The monoisotopic (exact) mass is 534 g/mol. The van der Waals surface area contributed by atoms with Crippen molar-refractivity contribution in [2.75, 3.05) is 33.3 Å². The third kappa shape index (κ3) is 6.10. The zero-order chi connectivity index (χ0) is 28.4. The van der Waals surface area contributed by atoms with Crippen LogP contribution in [0.4, 0.5) is 4.79 Å². The van der Waals surface area contributed by atoms with E-state index < -0.39 is 17.2 Å². The van der Waals surface area contributed by atoms with Gasteiger partial charge in [-0.15, -0.1) is 0 Å². The molecular formula is C31H38N2O6. The SMILES string of the molecule is CCN(CC)C(=O)c1ccc(C2=CC3(CCN(C(=O)OC(C)(C)C)CC3)Oc3cc(C(=O)OC)ccc32)cc1. The topological polar surface area (TPSA) is 85.4 Å². The quantitative estimate of drug-likeness (QED) is 0.468. The van der Waals surface area contributed by atoms with E-state index in [1.165, 1.54) is 7.11 Å². The van der Waals surface area contributed by atoms with Gasteiger partial charge in [0.05, 0.1) is 12.7 Å². The van der Waals surface area contributed by atoms with E-state index in [0.29, 0.717) is 55.9 Å². The molecule has 0 aromatic heterocycles. The molecule has 0 aliphatic carbocycles. The van der Waals surface area contributed by atoms with E-state index in [9.17, 15) is 14.4 Å². The van der Waals surface area contributed by atoms with Crippen molar-refractivity contribution < 1.29 is 28.6 Å². The van der Waals surface area contributed by atoms with Gasteiger partial charge in [0.25, 0.3) is 5.91 Å². The van der Waals surface area contributed by atoms with Crippen LogP contribution in [0.25, 0.3) is 5.57 Å². The van der Waals surface area contributed by atoms with Gasteiger partial charge in [0, 0.05) is 50.1 Å². The highest BCUT2D eigenvalue weighted by molar-refractivity contribution is 5.96. The van der Waals surface area contributed by atoms with Crippen LogP contribution in [0.5, 0.6) is 5.75 Å². The maximum Gasteiger partial charge on any atom is 0.410 e. The molecule has 208 valence electrons. The summed E-state index contributed by atoms with van der Waals surface area (Å²) in [4.78, 5) is 41.3. The van der Waals surface area contributed by atoms with Gasteiger partial charge in [-0.05, 0) is 82.2 Å². The first-order chi connectivity index (χ1) is 18.5. The first-order valence-electron chi connectivity index (χ1n) is 13.5. The lowest BCUT2D eigenvalue weighted by molar-refractivity contribution is -0.00126. The van der Waals surface area contributed by atoms with Crippen LogP contribution >= 0.6 is 0 Å². The highest BCUT2D eigenvalue weighted by Gasteiger charge is 2.41. The summed E-state index contributed by atoms with van der Waals surface area (Å²) >= 11 is 0. The average molecular weight is 535 g/mol. The molecule has 2 aromatic rings. The van der Waals surface area contributed by atoms with Gasteiger partial charge >= 0.3 is 12.1 Å². The van der Waals surface area contributed by atoms with E-state index in [2.05, 4.69) is 6.08 Å². The van der Waals surface area contributed by atoms with Crippen molar-refractivity contribution in [3.63, 3.8) is 0 Å². The summed E-state index contributed by atoms with van der Waals surface area (Å²) in [6.45, 7) is 11.7. The van der Waals surface area contributed by atoms with Crippen molar-refractivity contribution in [3.8, 4) is 5.75 Å². The van der Waals surface area contributed by atoms with Gasteiger partial charge in [-0.2, -0.15) is 0 Å². The van der Waals surface area contributed by atoms with Crippen molar-refractivity contribution in [1.82, 2.24) is 9.80 Å². The Morgan fingerprint density at radius 1 is 0.974 bits per heavy atom. The number of fused-ring (bicyclic) bond motifs is 1. The molecule has 0 N–H and O–H groups in total. The van der Waals surface area contributed by atoms with Gasteiger partial charge in [0.1, 0.15) is 17.0 Å². The lowest BCUT2D eigenvalue weighted by Gasteiger charge is -2.43. The molecule has 2 heterocycles. The van der Waals surface area contributed by atoms with Gasteiger partial charge in [-0.25, -0.2) is 9.59 Å². The molecule has 4 rings (SSSR count). The predicted molar refractivity (Wildman–Crippen MR) is 149 cm³/mol. The summed E-state index contributed by atoms with van der Waals surface area (Å²) in [6.07, 6.45) is 2.92. The van der Waals surface area contributed by atoms with E-state index in [1.54, 1.807) is 21.9 Å². The molecule has 0 unspecified atom stereocenters. The molecule has 0 atom stereocenters. The lowest BCUT2D eigenvalue weighted by Crippen LogP contribution is -2.50. The summed E-state index contributed by atoms with van der Waals surface area (Å²) in [5.41, 5.74) is 2.56. The minimum Gasteiger partial charge on any atom is -0.482 e. The number of benzene rings is 2. The molecule has 2 amide bonds. The number of hydrogen-bond acceptors (Lipinski definition) is 6. The Labute approximate surface area is 230 Å². The number of esters is 1. The number of ether oxygens (including phenoxy) is 3. The number of piperidine rings is 1. The maximum atomic E-state index is 12.8. The summed E-state index contributed by atoms with van der Waals surface area (Å²) in [7, 11) is 1.35. The Balaban J connectivity index is 1.68. The fourth-order valence-electron chi connectivity index (χ4n) is 5.03. The minimum absolute atomic E-state index is 0.00149. The van der Waals surface area contributed by atoms with Crippen molar-refractivity contribution in [2.45, 2.75) is 58.7 Å². The molecule has 2 aliphatic rings. The van der Waals surface area contributed by atoms with Crippen molar-refractivity contribution in [2.24, 2.45) is 0 Å². The zero-order valence-corrected chi connectivity index (χ0v) is 23.7. The molecule has 8 heteroatoms. The van der Waals surface area contributed by atoms with Gasteiger partial charge in [0.15, 0.2) is 0 Å². The third-order valence-electron chi connectivity index (χ3n) is 7.17. The van der Waals surface area contributed by atoms with E-state index in [0.717, 1.165) is 16.7 Å². The molecule has 39 heavy (non-hydrogen) atoms. The Hall–Kier alpha value is -3.81. The molecular weight excluding hydrogens is 496 g/mol. The van der Waals surface area contributed by atoms with Crippen LogP contribution in [0, 0.1) is 0 Å². The molecule has 1 fully saturated rings. The molecule has 0 bridgehead atoms. The Kier molecular flexibility index (Phi) is 8.04. The van der Waals surface area contributed by atoms with Crippen LogP contribution in [0.15, 0.2) is 48.5 Å². The van der Waals surface area contributed by atoms with Crippen molar-refractivity contribution in [3.05, 3.63) is 70.8 Å². The summed E-state index contributed by atoms with van der Waals surface area (Å²) < 4.78 is 17.1. The van der Waals surface area contributed by atoms with E-state index >= 15 is 0 Å². The van der Waals surface area contributed by atoms with Gasteiger partial charge in [-0.1, -0.05) is 12.1 Å². The Bertz CT molecular complexity index is 1260. The van der Waals surface area contributed by atoms with Crippen LogP contribution in [0.2, 0.25) is 0 Å². The van der Waals surface area contributed by atoms with Crippen molar-refractivity contribution in [1.29, 1.82) is 0 Å². The number of likely N-dealkylation sites (tertiary alicyclic amines) is 1. The van der Waals surface area contributed by atoms with Gasteiger partial charge in [-0.3, -0.25) is 4.79 Å². The average Bonchev–Trinajstić information content (AvgIpc) is 2.92. The van der Waals surface area contributed by atoms with Crippen LogP contribution in [0.3, 0.4) is 0 Å². The van der Waals surface area contributed by atoms with Crippen LogP contribution < -0.4 is 4.74 Å². The molecule has 2 aromatic carbocycles. The maximum absolute atomic E-state index is 12.8. The summed E-state index contributed by atoms with van der Waals surface area (Å²) in [6, 6.07) is 12.9. The number of carbonyl (C=O) groups is 3. The van der Waals surface area contributed by atoms with E-state index in [4.69, 9.17) is 14.2 Å². The molecule has 0 saturated carbocycles. The molecule has 0 radical (unpaired) electrons.